The van der Waals surface area contributed by atoms with Crippen molar-refractivity contribution in [2.45, 2.75) is 51.7 Å². The third-order valence-corrected chi connectivity index (χ3v) is 3.67. The molecule has 0 aliphatic heterocycles. The van der Waals surface area contributed by atoms with Crippen molar-refractivity contribution < 1.29 is 4.74 Å². The maximum atomic E-state index is 6.12. The first-order chi connectivity index (χ1) is 8.16. The Bertz CT molecular complexity index is 354. The zero-order chi connectivity index (χ0) is 12.3. The zero-order valence-electron chi connectivity index (χ0n) is 10.9. The Morgan fingerprint density at radius 1 is 1.18 bits per heavy atom. The molecule has 2 heteroatoms. The Balaban J connectivity index is 2.03. The smallest absolute Gasteiger partial charge is 0.124 e. The second-order valence-electron chi connectivity index (χ2n) is 5.33. The van der Waals surface area contributed by atoms with E-state index in [9.17, 15) is 0 Å². The zero-order valence-corrected chi connectivity index (χ0v) is 10.9. The molecule has 1 unspecified atom stereocenters. The number of hydrogen-bond acceptors (Lipinski definition) is 2. The quantitative estimate of drug-likeness (QED) is 0.864. The minimum Gasteiger partial charge on any atom is -0.490 e. The van der Waals surface area contributed by atoms with E-state index in [0.717, 1.165) is 17.2 Å². The lowest BCUT2D eigenvalue weighted by Gasteiger charge is -2.28. The molecule has 0 aromatic heterocycles. The summed E-state index contributed by atoms with van der Waals surface area (Å²) < 4.78 is 6.12. The predicted molar refractivity (Wildman–Crippen MR) is 71.1 cm³/mol. The van der Waals surface area contributed by atoms with E-state index >= 15 is 0 Å². The maximum Gasteiger partial charge on any atom is 0.124 e. The van der Waals surface area contributed by atoms with E-state index in [2.05, 4.69) is 13.0 Å². The molecular formula is C15H23NO. The van der Waals surface area contributed by atoms with E-state index in [4.69, 9.17) is 10.5 Å². The van der Waals surface area contributed by atoms with Crippen molar-refractivity contribution in [1.82, 2.24) is 0 Å². The molecule has 0 spiro atoms. The van der Waals surface area contributed by atoms with Gasteiger partial charge in [-0.15, -0.1) is 0 Å². The van der Waals surface area contributed by atoms with Gasteiger partial charge in [-0.3, -0.25) is 0 Å². The van der Waals surface area contributed by atoms with Gasteiger partial charge in [-0.25, -0.2) is 0 Å². The van der Waals surface area contributed by atoms with Gasteiger partial charge in [0.05, 0.1) is 6.10 Å². The van der Waals surface area contributed by atoms with Gasteiger partial charge in [-0.1, -0.05) is 25.1 Å². The average molecular weight is 233 g/mol. The summed E-state index contributed by atoms with van der Waals surface area (Å²) in [5.41, 5.74) is 7.08. The summed E-state index contributed by atoms with van der Waals surface area (Å²) in [5.74, 6) is 1.83. The van der Waals surface area contributed by atoms with Crippen LogP contribution in [0.2, 0.25) is 0 Å². The van der Waals surface area contributed by atoms with Crippen LogP contribution in [0.4, 0.5) is 0 Å². The molecule has 1 fully saturated rings. The van der Waals surface area contributed by atoms with Crippen LogP contribution in [0.3, 0.4) is 0 Å². The van der Waals surface area contributed by atoms with E-state index in [-0.39, 0.29) is 6.04 Å². The first-order valence-electron chi connectivity index (χ1n) is 6.68. The highest BCUT2D eigenvalue weighted by Gasteiger charge is 2.20. The Kier molecular flexibility index (Phi) is 4.06. The highest BCUT2D eigenvalue weighted by molar-refractivity contribution is 5.35. The molecule has 1 aliphatic rings. The fourth-order valence-corrected chi connectivity index (χ4v) is 2.49. The van der Waals surface area contributed by atoms with Crippen molar-refractivity contribution in [1.29, 1.82) is 0 Å². The van der Waals surface area contributed by atoms with E-state index in [1.165, 1.54) is 25.7 Å². The summed E-state index contributed by atoms with van der Waals surface area (Å²) in [6.07, 6.45) is 5.30. The largest absolute Gasteiger partial charge is 0.490 e. The summed E-state index contributed by atoms with van der Waals surface area (Å²) >= 11 is 0. The van der Waals surface area contributed by atoms with Gasteiger partial charge in [0.15, 0.2) is 0 Å². The number of rotatable bonds is 3. The lowest BCUT2D eigenvalue weighted by Crippen LogP contribution is -2.24. The fourth-order valence-electron chi connectivity index (χ4n) is 2.49. The van der Waals surface area contributed by atoms with Crippen molar-refractivity contribution in [3.05, 3.63) is 29.8 Å². The van der Waals surface area contributed by atoms with Crippen LogP contribution in [0.1, 0.15) is 51.1 Å². The Morgan fingerprint density at radius 2 is 1.82 bits per heavy atom. The third-order valence-electron chi connectivity index (χ3n) is 3.67. The van der Waals surface area contributed by atoms with Crippen molar-refractivity contribution >= 4 is 0 Å². The van der Waals surface area contributed by atoms with Crippen molar-refractivity contribution in [3.8, 4) is 5.75 Å². The van der Waals surface area contributed by atoms with Gasteiger partial charge in [0.2, 0.25) is 0 Å². The van der Waals surface area contributed by atoms with Gasteiger partial charge in [0.25, 0.3) is 0 Å². The predicted octanol–water partition coefficient (Wildman–Crippen LogP) is 3.66. The molecule has 1 aromatic carbocycles. The first kappa shape index (κ1) is 12.4. The van der Waals surface area contributed by atoms with Gasteiger partial charge in [0.1, 0.15) is 5.75 Å². The third kappa shape index (κ3) is 3.22. The van der Waals surface area contributed by atoms with Gasteiger partial charge >= 0.3 is 0 Å². The van der Waals surface area contributed by atoms with Crippen LogP contribution in [-0.2, 0) is 0 Å². The fraction of sp³-hybridized carbons (Fsp3) is 0.600. The van der Waals surface area contributed by atoms with E-state index in [0.29, 0.717) is 6.10 Å². The standard InChI is InChI=1S/C15H23NO/c1-11-7-9-13(10-8-11)17-15-6-4-3-5-14(15)12(2)16/h3-6,11-13H,7-10,16H2,1-2H3. The SMILES string of the molecule is CC1CCC(Oc2ccccc2C(C)N)CC1. The van der Waals surface area contributed by atoms with Crippen LogP contribution in [0.25, 0.3) is 0 Å². The van der Waals surface area contributed by atoms with Gasteiger partial charge < -0.3 is 10.5 Å². The van der Waals surface area contributed by atoms with Crippen molar-refractivity contribution in [3.63, 3.8) is 0 Å². The minimum absolute atomic E-state index is 0.0358. The lowest BCUT2D eigenvalue weighted by molar-refractivity contribution is 0.134. The van der Waals surface area contributed by atoms with E-state index in [1.54, 1.807) is 0 Å². The van der Waals surface area contributed by atoms with E-state index in [1.807, 2.05) is 25.1 Å². The summed E-state index contributed by atoms with van der Waals surface area (Å²) in [6.45, 7) is 4.33. The molecule has 0 bridgehead atoms. The molecule has 1 atom stereocenters. The molecule has 2 rings (SSSR count). The molecule has 1 saturated carbocycles. The molecule has 0 amide bonds. The second kappa shape index (κ2) is 5.54. The number of nitrogens with two attached hydrogens (primary N) is 1. The minimum atomic E-state index is 0.0358. The molecule has 2 nitrogen and oxygen atoms in total. The Hall–Kier alpha value is -1.02. The molecule has 0 saturated heterocycles. The lowest BCUT2D eigenvalue weighted by atomic mass is 9.89. The number of ether oxygens (including phenoxy) is 1. The second-order valence-corrected chi connectivity index (χ2v) is 5.33. The van der Waals surface area contributed by atoms with Crippen LogP contribution in [0.5, 0.6) is 5.75 Å². The van der Waals surface area contributed by atoms with Crippen LogP contribution in [-0.4, -0.2) is 6.10 Å². The van der Waals surface area contributed by atoms with Gasteiger partial charge in [-0.2, -0.15) is 0 Å². The normalized spacial score (nSPS) is 26.5. The highest BCUT2D eigenvalue weighted by atomic mass is 16.5. The molecule has 17 heavy (non-hydrogen) atoms. The van der Waals surface area contributed by atoms with Crippen LogP contribution in [0.15, 0.2) is 24.3 Å². The Labute approximate surface area is 104 Å². The summed E-state index contributed by atoms with van der Waals surface area (Å²) in [5, 5.41) is 0. The van der Waals surface area contributed by atoms with Gasteiger partial charge in [0, 0.05) is 11.6 Å². The molecule has 0 heterocycles. The van der Waals surface area contributed by atoms with E-state index < -0.39 is 0 Å². The highest BCUT2D eigenvalue weighted by Crippen LogP contribution is 2.30. The monoisotopic (exact) mass is 233 g/mol. The van der Waals surface area contributed by atoms with Gasteiger partial charge in [-0.05, 0) is 44.6 Å². The molecule has 1 aliphatic carbocycles. The summed E-state index contributed by atoms with van der Waals surface area (Å²) in [6, 6.07) is 8.18. The topological polar surface area (TPSA) is 35.2 Å². The molecular weight excluding hydrogens is 210 g/mol. The average Bonchev–Trinajstić information content (AvgIpc) is 2.32. The first-order valence-corrected chi connectivity index (χ1v) is 6.68. The molecule has 1 aromatic rings. The van der Waals surface area contributed by atoms with Crippen molar-refractivity contribution in [2.75, 3.05) is 0 Å². The Morgan fingerprint density at radius 3 is 2.47 bits per heavy atom. The molecule has 94 valence electrons. The van der Waals surface area contributed by atoms with Crippen LogP contribution < -0.4 is 10.5 Å². The maximum absolute atomic E-state index is 6.12. The van der Waals surface area contributed by atoms with Crippen LogP contribution in [0, 0.1) is 5.92 Å². The molecule has 0 radical (unpaired) electrons. The van der Waals surface area contributed by atoms with Crippen LogP contribution >= 0.6 is 0 Å². The molecule has 2 N–H and O–H groups in total. The summed E-state index contributed by atoms with van der Waals surface area (Å²) in [7, 11) is 0. The number of para-hydroxylation sites is 1. The summed E-state index contributed by atoms with van der Waals surface area (Å²) in [4.78, 5) is 0. The number of benzene rings is 1. The van der Waals surface area contributed by atoms with Crippen molar-refractivity contribution in [2.24, 2.45) is 11.7 Å². The number of hydrogen-bond donors (Lipinski definition) is 1.